The largest absolute Gasteiger partial charge is 0.281 e. The van der Waals surface area contributed by atoms with Crippen molar-refractivity contribution >= 4 is 10.9 Å². The van der Waals surface area contributed by atoms with Crippen molar-refractivity contribution in [2.75, 3.05) is 0 Å². The standard InChI is InChI=1S/C11H14N2/c1-7(2)11-10-8(3)5-4-6-9(10)12-13-11/h4-7H,1-3H3,(H,12,13). The van der Waals surface area contributed by atoms with Gasteiger partial charge in [-0.25, -0.2) is 0 Å². The van der Waals surface area contributed by atoms with Gasteiger partial charge in [0.2, 0.25) is 0 Å². The molecule has 0 amide bonds. The molecule has 1 N–H and O–H groups in total. The predicted octanol–water partition coefficient (Wildman–Crippen LogP) is 2.99. The van der Waals surface area contributed by atoms with Crippen LogP contribution in [0.1, 0.15) is 31.0 Å². The van der Waals surface area contributed by atoms with E-state index in [-0.39, 0.29) is 0 Å². The Hall–Kier alpha value is -1.31. The van der Waals surface area contributed by atoms with Crippen LogP contribution in [0.25, 0.3) is 10.9 Å². The molecular weight excluding hydrogens is 160 g/mol. The number of benzene rings is 1. The highest BCUT2D eigenvalue weighted by molar-refractivity contribution is 5.85. The molecular formula is C11H14N2. The molecule has 0 bridgehead atoms. The fourth-order valence-electron chi connectivity index (χ4n) is 1.69. The van der Waals surface area contributed by atoms with Gasteiger partial charge in [0, 0.05) is 11.1 Å². The number of rotatable bonds is 1. The van der Waals surface area contributed by atoms with E-state index < -0.39 is 0 Å². The van der Waals surface area contributed by atoms with Gasteiger partial charge in [0.05, 0.1) is 5.52 Å². The van der Waals surface area contributed by atoms with E-state index in [2.05, 4.69) is 37.0 Å². The van der Waals surface area contributed by atoms with E-state index in [1.165, 1.54) is 16.6 Å². The van der Waals surface area contributed by atoms with Crippen molar-refractivity contribution in [1.82, 2.24) is 10.2 Å². The summed E-state index contributed by atoms with van der Waals surface area (Å²) in [6.45, 7) is 6.49. The van der Waals surface area contributed by atoms with Crippen LogP contribution < -0.4 is 0 Å². The summed E-state index contributed by atoms with van der Waals surface area (Å²) in [4.78, 5) is 0. The number of aromatic nitrogens is 2. The molecule has 0 spiro atoms. The molecule has 0 aliphatic rings. The molecule has 2 rings (SSSR count). The molecule has 0 aliphatic carbocycles. The molecule has 0 fully saturated rings. The highest BCUT2D eigenvalue weighted by Gasteiger charge is 2.09. The van der Waals surface area contributed by atoms with Crippen LogP contribution in [0.2, 0.25) is 0 Å². The van der Waals surface area contributed by atoms with Gasteiger partial charge in [-0.3, -0.25) is 5.10 Å². The van der Waals surface area contributed by atoms with Crippen LogP contribution >= 0.6 is 0 Å². The van der Waals surface area contributed by atoms with Crippen molar-refractivity contribution in [2.24, 2.45) is 0 Å². The lowest BCUT2D eigenvalue weighted by Crippen LogP contribution is -1.88. The third kappa shape index (κ3) is 1.22. The fourth-order valence-corrected chi connectivity index (χ4v) is 1.69. The van der Waals surface area contributed by atoms with Crippen LogP contribution in [0.4, 0.5) is 0 Å². The van der Waals surface area contributed by atoms with Gasteiger partial charge in [0.15, 0.2) is 0 Å². The SMILES string of the molecule is Cc1cccc2n[nH]c(C(C)C)c12. The van der Waals surface area contributed by atoms with Crippen molar-refractivity contribution in [3.05, 3.63) is 29.5 Å². The van der Waals surface area contributed by atoms with Crippen LogP contribution in [0.5, 0.6) is 0 Å². The molecule has 0 aliphatic heterocycles. The summed E-state index contributed by atoms with van der Waals surface area (Å²) in [5, 5.41) is 8.67. The highest BCUT2D eigenvalue weighted by Crippen LogP contribution is 2.25. The Morgan fingerprint density at radius 1 is 1.31 bits per heavy atom. The molecule has 13 heavy (non-hydrogen) atoms. The maximum Gasteiger partial charge on any atom is 0.0926 e. The molecule has 1 heterocycles. The highest BCUT2D eigenvalue weighted by atomic mass is 15.1. The minimum atomic E-state index is 0.506. The normalized spacial score (nSPS) is 11.4. The van der Waals surface area contributed by atoms with E-state index in [0.29, 0.717) is 5.92 Å². The van der Waals surface area contributed by atoms with Crippen LogP contribution in [-0.4, -0.2) is 10.2 Å². The fraction of sp³-hybridized carbons (Fsp3) is 0.364. The zero-order valence-corrected chi connectivity index (χ0v) is 8.26. The summed E-state index contributed by atoms with van der Waals surface area (Å²) in [6, 6.07) is 6.22. The third-order valence-corrected chi connectivity index (χ3v) is 2.39. The summed E-state index contributed by atoms with van der Waals surface area (Å²) in [5.41, 5.74) is 3.62. The van der Waals surface area contributed by atoms with Gasteiger partial charge in [-0.2, -0.15) is 5.10 Å². The lowest BCUT2D eigenvalue weighted by Gasteiger charge is -2.03. The second-order valence-corrected chi connectivity index (χ2v) is 3.76. The second kappa shape index (κ2) is 2.87. The molecule has 0 atom stereocenters. The summed E-state index contributed by atoms with van der Waals surface area (Å²) in [5.74, 6) is 0.506. The van der Waals surface area contributed by atoms with Gasteiger partial charge in [-0.15, -0.1) is 0 Å². The van der Waals surface area contributed by atoms with Crippen LogP contribution in [0.3, 0.4) is 0 Å². The molecule has 1 aromatic carbocycles. The Balaban J connectivity index is 2.79. The Bertz CT molecular complexity index is 427. The number of fused-ring (bicyclic) bond motifs is 1. The number of hydrogen-bond donors (Lipinski definition) is 1. The van der Waals surface area contributed by atoms with E-state index in [4.69, 9.17) is 0 Å². The summed E-state index contributed by atoms with van der Waals surface area (Å²) in [6.07, 6.45) is 0. The third-order valence-electron chi connectivity index (χ3n) is 2.39. The molecule has 2 heteroatoms. The summed E-state index contributed by atoms with van der Waals surface area (Å²) in [7, 11) is 0. The predicted molar refractivity (Wildman–Crippen MR) is 54.9 cm³/mol. The first kappa shape index (κ1) is 8.30. The van der Waals surface area contributed by atoms with Crippen molar-refractivity contribution in [3.63, 3.8) is 0 Å². The van der Waals surface area contributed by atoms with E-state index in [1.807, 2.05) is 12.1 Å². The van der Waals surface area contributed by atoms with Gasteiger partial charge in [0.1, 0.15) is 0 Å². The van der Waals surface area contributed by atoms with E-state index in [1.54, 1.807) is 0 Å². The first-order valence-electron chi connectivity index (χ1n) is 4.63. The number of hydrogen-bond acceptors (Lipinski definition) is 1. The van der Waals surface area contributed by atoms with Crippen LogP contribution in [-0.2, 0) is 0 Å². The monoisotopic (exact) mass is 174 g/mol. The minimum absolute atomic E-state index is 0.506. The van der Waals surface area contributed by atoms with Gasteiger partial charge < -0.3 is 0 Å². The van der Waals surface area contributed by atoms with Crippen molar-refractivity contribution in [2.45, 2.75) is 26.7 Å². The average Bonchev–Trinajstić information content (AvgIpc) is 2.49. The van der Waals surface area contributed by atoms with E-state index >= 15 is 0 Å². The maximum absolute atomic E-state index is 4.28. The van der Waals surface area contributed by atoms with Crippen molar-refractivity contribution in [3.8, 4) is 0 Å². The molecule has 0 radical (unpaired) electrons. The van der Waals surface area contributed by atoms with E-state index in [9.17, 15) is 0 Å². The number of nitrogens with one attached hydrogen (secondary N) is 1. The first-order chi connectivity index (χ1) is 6.20. The van der Waals surface area contributed by atoms with Gasteiger partial charge >= 0.3 is 0 Å². The maximum atomic E-state index is 4.28. The Kier molecular flexibility index (Phi) is 1.83. The zero-order chi connectivity index (χ0) is 9.42. The average molecular weight is 174 g/mol. The number of nitrogens with zero attached hydrogens (tertiary/aromatic N) is 1. The molecule has 2 nitrogen and oxygen atoms in total. The lowest BCUT2D eigenvalue weighted by atomic mass is 10.0. The molecule has 0 saturated carbocycles. The van der Waals surface area contributed by atoms with Gasteiger partial charge in [-0.1, -0.05) is 26.0 Å². The Labute approximate surface area is 78.0 Å². The van der Waals surface area contributed by atoms with E-state index in [0.717, 1.165) is 5.52 Å². The number of aryl methyl sites for hydroxylation is 1. The lowest BCUT2D eigenvalue weighted by molar-refractivity contribution is 0.817. The first-order valence-corrected chi connectivity index (χ1v) is 4.63. The molecule has 0 unspecified atom stereocenters. The summed E-state index contributed by atoms with van der Waals surface area (Å²) < 4.78 is 0. The second-order valence-electron chi connectivity index (χ2n) is 3.76. The quantitative estimate of drug-likeness (QED) is 0.707. The van der Waals surface area contributed by atoms with Gasteiger partial charge in [-0.05, 0) is 24.5 Å². The zero-order valence-electron chi connectivity index (χ0n) is 8.26. The molecule has 0 saturated heterocycles. The van der Waals surface area contributed by atoms with Crippen LogP contribution in [0.15, 0.2) is 18.2 Å². The number of H-pyrrole nitrogens is 1. The smallest absolute Gasteiger partial charge is 0.0926 e. The Morgan fingerprint density at radius 3 is 2.77 bits per heavy atom. The van der Waals surface area contributed by atoms with Crippen LogP contribution in [0, 0.1) is 6.92 Å². The molecule has 68 valence electrons. The van der Waals surface area contributed by atoms with Gasteiger partial charge in [0.25, 0.3) is 0 Å². The molecule has 1 aromatic heterocycles. The van der Waals surface area contributed by atoms with Crippen molar-refractivity contribution in [1.29, 1.82) is 0 Å². The summed E-state index contributed by atoms with van der Waals surface area (Å²) >= 11 is 0. The molecule has 2 aromatic rings. The number of aromatic amines is 1. The topological polar surface area (TPSA) is 28.7 Å². The Morgan fingerprint density at radius 2 is 2.08 bits per heavy atom. The minimum Gasteiger partial charge on any atom is -0.281 e. The van der Waals surface area contributed by atoms with Crippen molar-refractivity contribution < 1.29 is 0 Å².